The van der Waals surface area contributed by atoms with Gasteiger partial charge in [0.2, 0.25) is 0 Å². The van der Waals surface area contributed by atoms with E-state index < -0.39 is 5.67 Å². The smallest absolute Gasteiger partial charge is 0.321 e. The van der Waals surface area contributed by atoms with E-state index in [9.17, 15) is 9.18 Å². The largest absolute Gasteiger partial charge is 0.322 e. The molecule has 2 aromatic heterocycles. The summed E-state index contributed by atoms with van der Waals surface area (Å²) in [6.45, 7) is 2.21. The number of nitrogens with one attached hydrogen (secondary N) is 2. The zero-order chi connectivity index (χ0) is 14.9. The standard InChI is InChI=1S/C13H16FN5OS/c1-13(14)3-2-5-19(8-13)12(20)17-9-7-16-18-10(9)11-15-4-6-21-11/h4,6-7H,2-3,5,8H2,1H3,(H,16,18)(H,17,20). The first kappa shape index (κ1) is 14.0. The normalized spacial score (nSPS) is 22.3. The molecular formula is C13H16FN5OS. The number of hydrogen-bond acceptors (Lipinski definition) is 4. The molecule has 3 rings (SSSR count). The van der Waals surface area contributed by atoms with Gasteiger partial charge >= 0.3 is 6.03 Å². The van der Waals surface area contributed by atoms with Gasteiger partial charge in [0, 0.05) is 18.1 Å². The van der Waals surface area contributed by atoms with E-state index in [0.29, 0.717) is 30.8 Å². The van der Waals surface area contributed by atoms with Gasteiger partial charge in [-0.05, 0) is 19.8 Å². The van der Waals surface area contributed by atoms with Crippen LogP contribution in [0.3, 0.4) is 0 Å². The fourth-order valence-electron chi connectivity index (χ4n) is 2.45. The average Bonchev–Trinajstić information content (AvgIpc) is 3.07. The first-order valence-corrected chi connectivity index (χ1v) is 7.61. The van der Waals surface area contributed by atoms with Crippen molar-refractivity contribution in [3.05, 3.63) is 17.8 Å². The Morgan fingerprint density at radius 1 is 1.62 bits per heavy atom. The maximum Gasteiger partial charge on any atom is 0.322 e. The lowest BCUT2D eigenvalue weighted by Crippen LogP contribution is -2.48. The van der Waals surface area contributed by atoms with E-state index in [1.165, 1.54) is 29.4 Å². The quantitative estimate of drug-likeness (QED) is 0.896. The van der Waals surface area contributed by atoms with E-state index in [-0.39, 0.29) is 12.6 Å². The van der Waals surface area contributed by atoms with E-state index >= 15 is 0 Å². The molecule has 0 saturated carbocycles. The van der Waals surface area contributed by atoms with Crippen LogP contribution in [-0.4, -0.2) is 44.9 Å². The Morgan fingerprint density at radius 2 is 2.48 bits per heavy atom. The van der Waals surface area contributed by atoms with Gasteiger partial charge in [0.25, 0.3) is 0 Å². The molecule has 0 aromatic carbocycles. The molecule has 112 valence electrons. The second kappa shape index (κ2) is 5.44. The number of amides is 2. The molecule has 1 atom stereocenters. The van der Waals surface area contributed by atoms with Crippen molar-refractivity contribution in [1.82, 2.24) is 20.1 Å². The number of aromatic nitrogens is 3. The number of halogens is 1. The second-order valence-corrected chi connectivity index (χ2v) is 6.26. The first-order valence-electron chi connectivity index (χ1n) is 6.73. The number of anilines is 1. The van der Waals surface area contributed by atoms with Crippen LogP contribution in [0.4, 0.5) is 14.9 Å². The minimum Gasteiger partial charge on any atom is -0.321 e. The molecule has 1 fully saturated rings. The lowest BCUT2D eigenvalue weighted by molar-refractivity contribution is 0.0808. The Balaban J connectivity index is 1.72. The summed E-state index contributed by atoms with van der Waals surface area (Å²) in [5, 5.41) is 12.1. The van der Waals surface area contributed by atoms with Crippen LogP contribution in [-0.2, 0) is 0 Å². The minimum atomic E-state index is -1.32. The summed E-state index contributed by atoms with van der Waals surface area (Å²) < 4.78 is 14.0. The van der Waals surface area contributed by atoms with Crippen molar-refractivity contribution in [3.8, 4) is 10.7 Å². The van der Waals surface area contributed by atoms with E-state index in [0.717, 1.165) is 5.01 Å². The van der Waals surface area contributed by atoms with Gasteiger partial charge in [-0.2, -0.15) is 5.10 Å². The van der Waals surface area contributed by atoms with Crippen LogP contribution in [0.2, 0.25) is 0 Å². The van der Waals surface area contributed by atoms with E-state index in [2.05, 4.69) is 20.5 Å². The van der Waals surface area contributed by atoms with Crippen molar-refractivity contribution >= 4 is 23.1 Å². The number of H-pyrrole nitrogens is 1. The van der Waals surface area contributed by atoms with Gasteiger partial charge in [-0.1, -0.05) is 0 Å². The monoisotopic (exact) mass is 309 g/mol. The minimum absolute atomic E-state index is 0.114. The fraction of sp³-hybridized carbons (Fsp3) is 0.462. The van der Waals surface area contributed by atoms with Gasteiger partial charge in [0.15, 0.2) is 0 Å². The number of thiazole rings is 1. The number of likely N-dealkylation sites (tertiary alicyclic amines) is 1. The van der Waals surface area contributed by atoms with Gasteiger partial charge in [0.05, 0.1) is 18.4 Å². The molecule has 0 spiro atoms. The molecule has 2 amide bonds. The van der Waals surface area contributed by atoms with Crippen LogP contribution in [0.5, 0.6) is 0 Å². The van der Waals surface area contributed by atoms with Crippen LogP contribution < -0.4 is 5.32 Å². The molecule has 21 heavy (non-hydrogen) atoms. The second-order valence-electron chi connectivity index (χ2n) is 5.36. The predicted octanol–water partition coefficient (Wildman–Crippen LogP) is 2.89. The zero-order valence-corrected chi connectivity index (χ0v) is 12.4. The van der Waals surface area contributed by atoms with Gasteiger partial charge in [-0.3, -0.25) is 5.10 Å². The Kier molecular flexibility index (Phi) is 3.62. The van der Waals surface area contributed by atoms with Gasteiger partial charge < -0.3 is 10.2 Å². The molecule has 1 aliphatic heterocycles. The highest BCUT2D eigenvalue weighted by atomic mass is 32.1. The Hall–Kier alpha value is -1.96. The first-order chi connectivity index (χ1) is 10.1. The van der Waals surface area contributed by atoms with Crippen molar-refractivity contribution < 1.29 is 9.18 Å². The highest BCUT2D eigenvalue weighted by Crippen LogP contribution is 2.28. The topological polar surface area (TPSA) is 73.9 Å². The van der Waals surface area contributed by atoms with Crippen molar-refractivity contribution in [1.29, 1.82) is 0 Å². The van der Waals surface area contributed by atoms with E-state index in [1.54, 1.807) is 6.20 Å². The molecule has 1 unspecified atom stereocenters. The molecule has 0 bridgehead atoms. The number of rotatable bonds is 2. The van der Waals surface area contributed by atoms with Crippen LogP contribution in [0, 0.1) is 0 Å². The lowest BCUT2D eigenvalue weighted by atomic mass is 9.97. The predicted molar refractivity (Wildman–Crippen MR) is 79.0 cm³/mol. The van der Waals surface area contributed by atoms with Crippen molar-refractivity contribution in [2.24, 2.45) is 0 Å². The fourth-order valence-corrected chi connectivity index (χ4v) is 3.10. The number of nitrogens with zero attached hydrogens (tertiary/aromatic N) is 3. The maximum absolute atomic E-state index is 14.0. The molecule has 3 heterocycles. The highest BCUT2D eigenvalue weighted by molar-refractivity contribution is 7.13. The highest BCUT2D eigenvalue weighted by Gasteiger charge is 2.33. The van der Waals surface area contributed by atoms with Crippen LogP contribution >= 0.6 is 11.3 Å². The molecule has 1 aliphatic rings. The number of aromatic amines is 1. The third-order valence-corrected chi connectivity index (χ3v) is 4.25. The lowest BCUT2D eigenvalue weighted by Gasteiger charge is -2.34. The van der Waals surface area contributed by atoms with Crippen molar-refractivity contribution in [2.45, 2.75) is 25.4 Å². The van der Waals surface area contributed by atoms with Crippen LogP contribution in [0.1, 0.15) is 19.8 Å². The Labute approximate surface area is 125 Å². The summed E-state index contributed by atoms with van der Waals surface area (Å²) in [6, 6.07) is -0.308. The zero-order valence-electron chi connectivity index (χ0n) is 11.6. The van der Waals surface area contributed by atoms with Crippen molar-refractivity contribution in [2.75, 3.05) is 18.4 Å². The third-order valence-electron chi connectivity index (χ3n) is 3.46. The molecule has 6 nitrogen and oxygen atoms in total. The number of piperidine rings is 1. The molecule has 2 aromatic rings. The molecule has 2 N–H and O–H groups in total. The van der Waals surface area contributed by atoms with Gasteiger partial charge in [-0.25, -0.2) is 14.2 Å². The summed E-state index contributed by atoms with van der Waals surface area (Å²) in [5.74, 6) is 0. The number of carbonyl (C=O) groups is 1. The number of alkyl halides is 1. The molecule has 1 saturated heterocycles. The summed E-state index contributed by atoms with van der Waals surface area (Å²) >= 11 is 1.45. The van der Waals surface area contributed by atoms with Gasteiger partial charge in [0.1, 0.15) is 16.4 Å². The Morgan fingerprint density at radius 3 is 3.19 bits per heavy atom. The third kappa shape index (κ3) is 3.05. The summed E-state index contributed by atoms with van der Waals surface area (Å²) in [7, 11) is 0. The summed E-state index contributed by atoms with van der Waals surface area (Å²) in [5.41, 5.74) is -0.0936. The van der Waals surface area contributed by atoms with E-state index in [1.807, 2.05) is 5.38 Å². The molecular weight excluding hydrogens is 293 g/mol. The van der Waals surface area contributed by atoms with E-state index in [4.69, 9.17) is 0 Å². The SMILES string of the molecule is CC1(F)CCCN(C(=O)Nc2cn[nH]c2-c2nccs2)C1. The number of hydrogen-bond donors (Lipinski definition) is 2. The molecule has 0 aliphatic carbocycles. The number of carbonyl (C=O) groups excluding carboxylic acids is 1. The van der Waals surface area contributed by atoms with Crippen LogP contribution in [0.15, 0.2) is 17.8 Å². The maximum atomic E-state index is 14.0. The average molecular weight is 309 g/mol. The number of urea groups is 1. The van der Waals surface area contributed by atoms with Crippen molar-refractivity contribution in [3.63, 3.8) is 0 Å². The Bertz CT molecular complexity index is 624. The molecule has 0 radical (unpaired) electrons. The van der Waals surface area contributed by atoms with Crippen LogP contribution in [0.25, 0.3) is 10.7 Å². The van der Waals surface area contributed by atoms with Gasteiger partial charge in [-0.15, -0.1) is 11.3 Å². The summed E-state index contributed by atoms with van der Waals surface area (Å²) in [6.07, 6.45) is 4.39. The summed E-state index contributed by atoms with van der Waals surface area (Å²) in [4.78, 5) is 18.0. The molecule has 8 heteroatoms.